The number of hydrogen-bond donors (Lipinski definition) is 1. The first-order chi connectivity index (χ1) is 18.0. The molecule has 3 rings (SSSR count). The summed E-state index contributed by atoms with van der Waals surface area (Å²) in [7, 11) is -3.95. The Bertz CT molecular complexity index is 1360. The smallest absolute Gasteiger partial charge is 0.244 e. The lowest BCUT2D eigenvalue weighted by atomic mass is 10.0. The van der Waals surface area contributed by atoms with Crippen LogP contribution in [-0.4, -0.2) is 50.0 Å². The fourth-order valence-corrected chi connectivity index (χ4v) is 4.99. The number of anilines is 1. The zero-order valence-corrected chi connectivity index (χ0v) is 22.9. The van der Waals surface area contributed by atoms with Gasteiger partial charge < -0.3 is 10.2 Å². The number of carbonyl (C=O) groups excluding carboxylic acids is 2. The first-order valence-electron chi connectivity index (χ1n) is 12.4. The average Bonchev–Trinajstić information content (AvgIpc) is 2.85. The Hall–Kier alpha value is -3.72. The maximum atomic E-state index is 14.0. The van der Waals surface area contributed by atoms with Gasteiger partial charge in [0.1, 0.15) is 18.4 Å². The third-order valence-electron chi connectivity index (χ3n) is 6.08. The summed E-state index contributed by atoms with van der Waals surface area (Å²) in [6, 6.07) is 20.8. The van der Waals surface area contributed by atoms with Crippen LogP contribution in [0.1, 0.15) is 30.5 Å². The van der Waals surface area contributed by atoms with Crippen molar-refractivity contribution in [2.45, 2.75) is 45.8 Å². The summed E-state index contributed by atoms with van der Waals surface area (Å²) in [6.45, 7) is 5.08. The molecule has 7 nitrogen and oxygen atoms in total. The number of rotatable bonds is 11. The molecular formula is C29H34FN3O4S. The minimum atomic E-state index is -3.95. The van der Waals surface area contributed by atoms with Gasteiger partial charge in [-0.15, -0.1) is 0 Å². The third kappa shape index (κ3) is 7.89. The van der Waals surface area contributed by atoms with E-state index in [-0.39, 0.29) is 30.6 Å². The molecule has 1 N–H and O–H groups in total. The van der Waals surface area contributed by atoms with Gasteiger partial charge in [0.25, 0.3) is 0 Å². The molecule has 0 aliphatic carbocycles. The van der Waals surface area contributed by atoms with Crippen molar-refractivity contribution < 1.29 is 22.4 Å². The van der Waals surface area contributed by atoms with Crippen LogP contribution < -0.4 is 9.62 Å². The van der Waals surface area contributed by atoms with Crippen molar-refractivity contribution in [2.24, 2.45) is 0 Å². The summed E-state index contributed by atoms with van der Waals surface area (Å²) in [5.74, 6) is -1.55. The number of carbonyl (C=O) groups is 2. The highest BCUT2D eigenvalue weighted by Crippen LogP contribution is 2.22. The lowest BCUT2D eigenvalue weighted by Crippen LogP contribution is -2.54. The summed E-state index contributed by atoms with van der Waals surface area (Å²) in [5, 5.41) is 2.91. The van der Waals surface area contributed by atoms with Crippen LogP contribution in [-0.2, 0) is 32.6 Å². The first kappa shape index (κ1) is 28.8. The van der Waals surface area contributed by atoms with Crippen LogP contribution in [0.15, 0.2) is 78.9 Å². The number of sulfonamides is 1. The summed E-state index contributed by atoms with van der Waals surface area (Å²) in [4.78, 5) is 28.9. The summed E-state index contributed by atoms with van der Waals surface area (Å²) >= 11 is 0. The van der Waals surface area contributed by atoms with Gasteiger partial charge in [-0.1, -0.05) is 60.7 Å². The van der Waals surface area contributed by atoms with Crippen molar-refractivity contribution in [1.29, 1.82) is 0 Å². The van der Waals surface area contributed by atoms with E-state index in [4.69, 9.17) is 0 Å². The molecule has 38 heavy (non-hydrogen) atoms. The molecule has 3 aromatic carbocycles. The average molecular weight is 540 g/mol. The molecule has 0 radical (unpaired) electrons. The fraction of sp³-hybridized carbons (Fsp3) is 0.310. The maximum Gasteiger partial charge on any atom is 0.244 e. The van der Waals surface area contributed by atoms with Gasteiger partial charge >= 0.3 is 0 Å². The predicted molar refractivity (Wildman–Crippen MR) is 148 cm³/mol. The number of amides is 2. The maximum absolute atomic E-state index is 14.0. The number of nitrogens with one attached hydrogen (secondary N) is 1. The van der Waals surface area contributed by atoms with Crippen LogP contribution >= 0.6 is 0 Å². The van der Waals surface area contributed by atoms with Gasteiger partial charge in [-0.3, -0.25) is 13.9 Å². The molecule has 0 fully saturated rings. The topological polar surface area (TPSA) is 86.8 Å². The van der Waals surface area contributed by atoms with Crippen molar-refractivity contribution in [1.82, 2.24) is 10.2 Å². The van der Waals surface area contributed by atoms with Gasteiger partial charge in [0, 0.05) is 19.0 Å². The van der Waals surface area contributed by atoms with Crippen molar-refractivity contribution in [3.63, 3.8) is 0 Å². The van der Waals surface area contributed by atoms with Crippen LogP contribution in [0.2, 0.25) is 0 Å². The molecule has 9 heteroatoms. The molecule has 0 bridgehead atoms. The Morgan fingerprint density at radius 1 is 0.947 bits per heavy atom. The normalized spacial score (nSPS) is 12.2. The number of hydrogen-bond acceptors (Lipinski definition) is 4. The molecule has 0 saturated heterocycles. The predicted octanol–water partition coefficient (Wildman–Crippen LogP) is 4.06. The van der Waals surface area contributed by atoms with E-state index in [2.05, 4.69) is 5.32 Å². The van der Waals surface area contributed by atoms with E-state index in [0.29, 0.717) is 0 Å². The minimum absolute atomic E-state index is 0.0305. The van der Waals surface area contributed by atoms with Gasteiger partial charge in [-0.05, 0) is 55.7 Å². The van der Waals surface area contributed by atoms with Gasteiger partial charge in [0.15, 0.2) is 0 Å². The lowest BCUT2D eigenvalue weighted by Gasteiger charge is -2.34. The Morgan fingerprint density at radius 3 is 2.21 bits per heavy atom. The van der Waals surface area contributed by atoms with Crippen molar-refractivity contribution in [3.05, 3.63) is 101 Å². The van der Waals surface area contributed by atoms with Gasteiger partial charge in [0.05, 0.1) is 11.9 Å². The molecule has 0 aliphatic rings. The van der Waals surface area contributed by atoms with E-state index in [1.165, 1.54) is 23.1 Å². The second kappa shape index (κ2) is 12.7. The molecule has 3 aromatic rings. The van der Waals surface area contributed by atoms with E-state index >= 15 is 0 Å². The molecule has 2 amide bonds. The summed E-state index contributed by atoms with van der Waals surface area (Å²) in [6.07, 6.45) is 1.19. The highest BCUT2D eigenvalue weighted by Gasteiger charge is 2.33. The molecule has 0 spiro atoms. The summed E-state index contributed by atoms with van der Waals surface area (Å²) < 4.78 is 40.3. The van der Waals surface area contributed by atoms with Crippen molar-refractivity contribution >= 4 is 27.5 Å². The third-order valence-corrected chi connectivity index (χ3v) is 7.22. The van der Waals surface area contributed by atoms with Crippen LogP contribution in [0.4, 0.5) is 10.1 Å². The Kier molecular flexibility index (Phi) is 9.63. The van der Waals surface area contributed by atoms with E-state index in [9.17, 15) is 22.4 Å². The second-order valence-electron chi connectivity index (χ2n) is 9.57. The number of benzene rings is 3. The zero-order chi connectivity index (χ0) is 27.9. The van der Waals surface area contributed by atoms with Crippen LogP contribution in [0.3, 0.4) is 0 Å². The van der Waals surface area contributed by atoms with E-state index in [1.54, 1.807) is 0 Å². The number of nitrogens with zero attached hydrogens (tertiary/aromatic N) is 2. The largest absolute Gasteiger partial charge is 0.352 e. The van der Waals surface area contributed by atoms with E-state index in [0.717, 1.165) is 33.3 Å². The molecular weight excluding hydrogens is 505 g/mol. The van der Waals surface area contributed by atoms with E-state index in [1.807, 2.05) is 75.4 Å². The fourth-order valence-electron chi connectivity index (χ4n) is 4.15. The standard InChI is InChI=1S/C29H34FN3O4S/c1-21(2)31-29(35)27(17-23-12-6-5-7-13-23)32(19-24-14-9-8-11-22(24)3)28(34)20-33(38(4,36)37)26-16-10-15-25(30)18-26/h5-16,18,21,27H,17,19-20H2,1-4H3,(H,31,35)/t27-/m1/s1. The minimum Gasteiger partial charge on any atom is -0.352 e. The highest BCUT2D eigenvalue weighted by molar-refractivity contribution is 7.92. The Balaban J connectivity index is 2.07. The van der Waals surface area contributed by atoms with Gasteiger partial charge in [0.2, 0.25) is 21.8 Å². The molecule has 202 valence electrons. The molecule has 0 unspecified atom stereocenters. The second-order valence-corrected chi connectivity index (χ2v) is 11.5. The molecule has 0 saturated carbocycles. The number of halogens is 1. The summed E-state index contributed by atoms with van der Waals surface area (Å²) in [5.41, 5.74) is 2.64. The zero-order valence-electron chi connectivity index (χ0n) is 22.1. The molecule has 0 aliphatic heterocycles. The Labute approximate surface area is 224 Å². The lowest BCUT2D eigenvalue weighted by molar-refractivity contribution is -0.140. The van der Waals surface area contributed by atoms with Gasteiger partial charge in [-0.25, -0.2) is 12.8 Å². The Morgan fingerprint density at radius 2 is 1.61 bits per heavy atom. The van der Waals surface area contributed by atoms with Crippen LogP contribution in [0.25, 0.3) is 0 Å². The van der Waals surface area contributed by atoms with Crippen LogP contribution in [0, 0.1) is 12.7 Å². The van der Waals surface area contributed by atoms with Gasteiger partial charge in [-0.2, -0.15) is 0 Å². The molecule has 0 heterocycles. The first-order valence-corrected chi connectivity index (χ1v) is 14.2. The monoisotopic (exact) mass is 539 g/mol. The van der Waals surface area contributed by atoms with Crippen molar-refractivity contribution in [2.75, 3.05) is 17.1 Å². The quantitative estimate of drug-likeness (QED) is 0.398. The SMILES string of the molecule is Cc1ccccc1CN(C(=O)CN(c1cccc(F)c1)S(C)(=O)=O)[C@H](Cc1ccccc1)C(=O)NC(C)C. The van der Waals surface area contributed by atoms with E-state index < -0.39 is 34.3 Å². The highest BCUT2D eigenvalue weighted by atomic mass is 32.2. The number of aryl methyl sites for hydroxylation is 1. The molecule has 1 atom stereocenters. The molecule has 0 aromatic heterocycles. The van der Waals surface area contributed by atoms with Crippen molar-refractivity contribution in [3.8, 4) is 0 Å². The van der Waals surface area contributed by atoms with Crippen LogP contribution in [0.5, 0.6) is 0 Å².